The van der Waals surface area contributed by atoms with Crippen molar-refractivity contribution < 1.29 is 0 Å². The minimum absolute atomic E-state index is 0.601. The van der Waals surface area contributed by atoms with Gasteiger partial charge in [-0.1, -0.05) is 13.8 Å². The lowest BCUT2D eigenvalue weighted by Gasteiger charge is -2.28. The average Bonchev–Trinajstić information content (AvgIpc) is 2.75. The smallest absolute Gasteiger partial charge is 0.142 e. The Morgan fingerprint density at radius 2 is 1.93 bits per heavy atom. The van der Waals surface area contributed by atoms with Crippen LogP contribution in [0.4, 0.5) is 0 Å². The topological polar surface area (TPSA) is 51.7 Å². The number of rotatable bonds is 1. The van der Waals surface area contributed by atoms with E-state index < -0.39 is 0 Å². The van der Waals surface area contributed by atoms with Gasteiger partial charge in [0.1, 0.15) is 5.84 Å². The first-order chi connectivity index (χ1) is 6.86. The molecule has 14 heavy (non-hydrogen) atoms. The predicted molar refractivity (Wildman–Crippen MR) is 58.4 cm³/mol. The van der Waals surface area contributed by atoms with Gasteiger partial charge in [0, 0.05) is 5.92 Å². The highest BCUT2D eigenvalue weighted by atomic mass is 15.8. The summed E-state index contributed by atoms with van der Waals surface area (Å²) in [6, 6.07) is 0. The van der Waals surface area contributed by atoms with Crippen molar-refractivity contribution in [2.24, 2.45) is 11.0 Å². The summed E-state index contributed by atoms with van der Waals surface area (Å²) in [6.07, 6.45) is 2.40. The number of hydrazone groups is 1. The minimum atomic E-state index is 0.601. The average molecular weight is 199 g/mol. The van der Waals surface area contributed by atoms with Crippen LogP contribution in [0.5, 0.6) is 0 Å². The van der Waals surface area contributed by atoms with Crippen LogP contribution in [0.1, 0.15) is 26.7 Å². The third-order valence-electron chi connectivity index (χ3n) is 2.53. The van der Waals surface area contributed by atoms with Gasteiger partial charge in [-0.05, 0) is 33.0 Å². The predicted octanol–water partition coefficient (Wildman–Crippen LogP) is 0.280. The zero-order valence-corrected chi connectivity index (χ0v) is 9.30. The SMILES string of the molecule is CC.CN1CCC(C2=NNNN2)CC1. The van der Waals surface area contributed by atoms with Crippen molar-refractivity contribution in [3.8, 4) is 0 Å². The Labute approximate surface area is 85.9 Å². The molecule has 0 unspecified atom stereocenters. The van der Waals surface area contributed by atoms with Gasteiger partial charge in [0.2, 0.25) is 0 Å². The van der Waals surface area contributed by atoms with Gasteiger partial charge in [-0.15, -0.1) is 10.6 Å². The van der Waals surface area contributed by atoms with Crippen LogP contribution in [0.15, 0.2) is 5.10 Å². The fraction of sp³-hybridized carbons (Fsp3) is 0.889. The number of likely N-dealkylation sites (tertiary alicyclic amines) is 1. The van der Waals surface area contributed by atoms with Crippen molar-refractivity contribution in [1.29, 1.82) is 0 Å². The van der Waals surface area contributed by atoms with Gasteiger partial charge in [0.25, 0.3) is 0 Å². The maximum absolute atomic E-state index is 4.11. The molecule has 0 saturated carbocycles. The number of nitrogens with zero attached hydrogens (tertiary/aromatic N) is 2. The van der Waals surface area contributed by atoms with Gasteiger partial charge in [0.15, 0.2) is 0 Å². The molecule has 0 aliphatic carbocycles. The van der Waals surface area contributed by atoms with Crippen LogP contribution in [-0.2, 0) is 0 Å². The van der Waals surface area contributed by atoms with Gasteiger partial charge in [0.05, 0.1) is 0 Å². The second-order valence-corrected chi connectivity index (χ2v) is 3.44. The van der Waals surface area contributed by atoms with Crippen molar-refractivity contribution in [1.82, 2.24) is 21.4 Å². The zero-order valence-electron chi connectivity index (χ0n) is 9.30. The van der Waals surface area contributed by atoms with Crippen molar-refractivity contribution in [2.45, 2.75) is 26.7 Å². The first kappa shape index (κ1) is 11.3. The number of hydrogen-bond donors (Lipinski definition) is 3. The Hall–Kier alpha value is -0.810. The van der Waals surface area contributed by atoms with E-state index >= 15 is 0 Å². The fourth-order valence-electron chi connectivity index (χ4n) is 1.68. The normalized spacial score (nSPS) is 22.9. The summed E-state index contributed by atoms with van der Waals surface area (Å²) in [6.45, 7) is 6.34. The molecule has 0 aromatic carbocycles. The number of piperidine rings is 1. The molecule has 3 N–H and O–H groups in total. The van der Waals surface area contributed by atoms with Crippen molar-refractivity contribution >= 4 is 5.84 Å². The number of hydrogen-bond acceptors (Lipinski definition) is 5. The van der Waals surface area contributed by atoms with Crippen LogP contribution in [0.2, 0.25) is 0 Å². The second-order valence-electron chi connectivity index (χ2n) is 3.44. The van der Waals surface area contributed by atoms with Crippen LogP contribution in [0, 0.1) is 5.92 Å². The first-order valence-corrected chi connectivity index (χ1v) is 5.38. The van der Waals surface area contributed by atoms with E-state index in [0.29, 0.717) is 5.92 Å². The summed E-state index contributed by atoms with van der Waals surface area (Å²) in [5.74, 6) is 1.66. The molecule has 0 atom stereocenters. The Morgan fingerprint density at radius 3 is 2.43 bits per heavy atom. The van der Waals surface area contributed by atoms with Crippen molar-refractivity contribution in [3.63, 3.8) is 0 Å². The molecule has 82 valence electrons. The van der Waals surface area contributed by atoms with Crippen LogP contribution in [-0.4, -0.2) is 30.9 Å². The summed E-state index contributed by atoms with van der Waals surface area (Å²) < 4.78 is 0. The Morgan fingerprint density at radius 1 is 1.29 bits per heavy atom. The van der Waals surface area contributed by atoms with E-state index in [1.807, 2.05) is 13.8 Å². The fourth-order valence-corrected chi connectivity index (χ4v) is 1.68. The monoisotopic (exact) mass is 199 g/mol. The number of nitrogens with one attached hydrogen (secondary N) is 3. The Bertz CT molecular complexity index is 184. The Kier molecular flexibility index (Phi) is 4.69. The third-order valence-corrected chi connectivity index (χ3v) is 2.53. The van der Waals surface area contributed by atoms with Crippen LogP contribution in [0.25, 0.3) is 0 Å². The van der Waals surface area contributed by atoms with Gasteiger partial charge in [-0.3, -0.25) is 5.43 Å². The summed E-state index contributed by atoms with van der Waals surface area (Å²) in [5, 5.41) is 4.11. The molecule has 0 aromatic rings. The van der Waals surface area contributed by atoms with E-state index in [9.17, 15) is 0 Å². The molecule has 1 saturated heterocycles. The lowest BCUT2D eigenvalue weighted by molar-refractivity contribution is 0.250. The molecule has 0 radical (unpaired) electrons. The van der Waals surface area contributed by atoms with Gasteiger partial charge in [-0.25, -0.2) is 5.53 Å². The molecule has 0 aromatic heterocycles. The lowest BCUT2D eigenvalue weighted by atomic mass is 9.96. The van der Waals surface area contributed by atoms with Crippen molar-refractivity contribution in [3.05, 3.63) is 0 Å². The van der Waals surface area contributed by atoms with E-state index in [1.54, 1.807) is 0 Å². The van der Waals surface area contributed by atoms with E-state index in [2.05, 4.69) is 33.5 Å². The van der Waals surface area contributed by atoms with Gasteiger partial charge in [-0.2, -0.15) is 0 Å². The maximum Gasteiger partial charge on any atom is 0.142 e. The highest BCUT2D eigenvalue weighted by molar-refractivity contribution is 5.84. The third kappa shape index (κ3) is 2.85. The molecule has 2 rings (SSSR count). The quantitative estimate of drug-likeness (QED) is 0.568. The molecule has 2 aliphatic rings. The molecular formula is C9H21N5. The zero-order chi connectivity index (χ0) is 10.4. The van der Waals surface area contributed by atoms with Gasteiger partial charge >= 0.3 is 0 Å². The van der Waals surface area contributed by atoms with Crippen LogP contribution < -0.4 is 16.5 Å². The molecular weight excluding hydrogens is 178 g/mol. The van der Waals surface area contributed by atoms with Gasteiger partial charge < -0.3 is 4.90 Å². The van der Waals surface area contributed by atoms with E-state index in [1.165, 1.54) is 25.9 Å². The standard InChI is InChI=1S/C7H15N5.C2H6/c1-12-4-2-6(3-5-12)7-8-10-11-9-7;1-2/h6,10-11H,2-5H2,1H3,(H,8,9);1-2H3. The summed E-state index contributed by atoms with van der Waals surface area (Å²) in [7, 11) is 2.16. The minimum Gasteiger partial charge on any atom is -0.306 e. The van der Waals surface area contributed by atoms with E-state index in [4.69, 9.17) is 0 Å². The molecule has 0 bridgehead atoms. The summed E-state index contributed by atoms with van der Waals surface area (Å²) >= 11 is 0. The molecule has 0 spiro atoms. The molecule has 5 nitrogen and oxygen atoms in total. The summed E-state index contributed by atoms with van der Waals surface area (Å²) in [5.41, 5.74) is 8.47. The first-order valence-electron chi connectivity index (χ1n) is 5.38. The Balaban J connectivity index is 0.000000461. The molecule has 1 fully saturated rings. The van der Waals surface area contributed by atoms with Crippen LogP contribution >= 0.6 is 0 Å². The van der Waals surface area contributed by atoms with E-state index in [-0.39, 0.29) is 0 Å². The highest BCUT2D eigenvalue weighted by Crippen LogP contribution is 2.16. The van der Waals surface area contributed by atoms with Crippen LogP contribution in [0.3, 0.4) is 0 Å². The van der Waals surface area contributed by atoms with Crippen molar-refractivity contribution in [2.75, 3.05) is 20.1 Å². The maximum atomic E-state index is 4.11. The number of hydrazine groups is 2. The molecule has 2 heterocycles. The second kappa shape index (κ2) is 5.82. The molecule has 2 aliphatic heterocycles. The highest BCUT2D eigenvalue weighted by Gasteiger charge is 2.23. The summed E-state index contributed by atoms with van der Waals surface area (Å²) in [4.78, 5) is 2.35. The molecule has 5 heteroatoms. The lowest BCUT2D eigenvalue weighted by Crippen LogP contribution is -2.41. The molecule has 0 amide bonds. The van der Waals surface area contributed by atoms with E-state index in [0.717, 1.165) is 5.84 Å². The number of amidine groups is 1. The largest absolute Gasteiger partial charge is 0.306 e.